The standard InChI is InChI=1S/C13H11FN4O2/c14-2-1-7-3-9(7)8-4-11(18-16-5-8)10-6-15-13(20)17-12(10)19/h1-2,4-7,9H,3H2,(H2,15,17,19,20)/b2-1+/t7?,9-/m0/s1. The average molecular weight is 274 g/mol. The number of H-pyrrole nitrogens is 2. The number of aromatic amines is 2. The molecule has 2 N–H and O–H groups in total. The molecule has 1 aliphatic rings. The van der Waals surface area contributed by atoms with Crippen LogP contribution in [-0.2, 0) is 0 Å². The summed E-state index contributed by atoms with van der Waals surface area (Å²) >= 11 is 0. The van der Waals surface area contributed by atoms with Crippen molar-refractivity contribution in [2.75, 3.05) is 0 Å². The van der Waals surface area contributed by atoms with Crippen LogP contribution in [0.4, 0.5) is 4.39 Å². The first-order valence-corrected chi connectivity index (χ1v) is 6.11. The molecule has 102 valence electrons. The molecule has 2 atom stereocenters. The maximum Gasteiger partial charge on any atom is 0.325 e. The molecule has 6 nitrogen and oxygen atoms in total. The van der Waals surface area contributed by atoms with Gasteiger partial charge in [0, 0.05) is 6.20 Å². The number of allylic oxidation sites excluding steroid dienone is 1. The maximum atomic E-state index is 12.1. The van der Waals surface area contributed by atoms with E-state index < -0.39 is 11.2 Å². The maximum absolute atomic E-state index is 12.1. The van der Waals surface area contributed by atoms with E-state index in [4.69, 9.17) is 0 Å². The fraction of sp³-hybridized carbons (Fsp3) is 0.231. The predicted molar refractivity (Wildman–Crippen MR) is 69.8 cm³/mol. The average Bonchev–Trinajstić information content (AvgIpc) is 3.19. The van der Waals surface area contributed by atoms with Crippen molar-refractivity contribution in [2.45, 2.75) is 12.3 Å². The molecule has 2 aromatic rings. The Morgan fingerprint density at radius 2 is 2.25 bits per heavy atom. The molecule has 1 fully saturated rings. The largest absolute Gasteiger partial charge is 0.325 e. The zero-order chi connectivity index (χ0) is 14.1. The highest BCUT2D eigenvalue weighted by atomic mass is 19.1. The molecule has 7 heteroatoms. The number of nitrogens with one attached hydrogen (secondary N) is 2. The molecule has 0 bridgehead atoms. The normalized spacial score (nSPS) is 21.2. The number of hydrogen-bond donors (Lipinski definition) is 2. The molecular weight excluding hydrogens is 263 g/mol. The minimum absolute atomic E-state index is 0.172. The Kier molecular flexibility index (Phi) is 3.02. The summed E-state index contributed by atoms with van der Waals surface area (Å²) in [6.45, 7) is 0. The van der Waals surface area contributed by atoms with Gasteiger partial charge in [-0.1, -0.05) is 6.08 Å². The SMILES string of the molecule is O=c1[nH]cc(-c2cc([C@H]3CC3/C=C/F)cnn2)c(=O)[nH]1. The van der Waals surface area contributed by atoms with E-state index in [1.54, 1.807) is 12.3 Å². The van der Waals surface area contributed by atoms with E-state index in [-0.39, 0.29) is 17.4 Å². The molecular formula is C13H11FN4O2. The fourth-order valence-electron chi connectivity index (χ4n) is 2.22. The van der Waals surface area contributed by atoms with Crippen molar-refractivity contribution in [1.82, 2.24) is 20.2 Å². The van der Waals surface area contributed by atoms with Crippen LogP contribution in [0.25, 0.3) is 11.3 Å². The highest BCUT2D eigenvalue weighted by Crippen LogP contribution is 2.48. The summed E-state index contributed by atoms with van der Waals surface area (Å²) in [4.78, 5) is 27.2. The minimum atomic E-state index is -0.571. The summed E-state index contributed by atoms with van der Waals surface area (Å²) in [7, 11) is 0. The van der Waals surface area contributed by atoms with E-state index in [2.05, 4.69) is 20.2 Å². The summed E-state index contributed by atoms with van der Waals surface area (Å²) in [5.74, 6) is 0.379. The Morgan fingerprint density at radius 3 is 3.00 bits per heavy atom. The topological polar surface area (TPSA) is 91.5 Å². The number of rotatable bonds is 3. The third kappa shape index (κ3) is 2.29. The second kappa shape index (κ2) is 4.84. The summed E-state index contributed by atoms with van der Waals surface area (Å²) in [5, 5.41) is 7.76. The van der Waals surface area contributed by atoms with Gasteiger partial charge in [-0.2, -0.15) is 10.2 Å². The summed E-state index contributed by atoms with van der Waals surface area (Å²) in [6.07, 6.45) is 5.83. The van der Waals surface area contributed by atoms with Crippen molar-refractivity contribution in [3.63, 3.8) is 0 Å². The molecule has 0 amide bonds. The van der Waals surface area contributed by atoms with Crippen LogP contribution in [0.3, 0.4) is 0 Å². The highest BCUT2D eigenvalue weighted by molar-refractivity contribution is 5.57. The Balaban J connectivity index is 1.96. The third-order valence-electron chi connectivity index (χ3n) is 3.36. The van der Waals surface area contributed by atoms with Crippen LogP contribution in [-0.4, -0.2) is 20.2 Å². The molecule has 1 aliphatic carbocycles. The van der Waals surface area contributed by atoms with Crippen molar-refractivity contribution in [3.05, 3.63) is 57.3 Å². The zero-order valence-electron chi connectivity index (χ0n) is 10.3. The van der Waals surface area contributed by atoms with Gasteiger partial charge in [0.05, 0.1) is 18.1 Å². The summed E-state index contributed by atoms with van der Waals surface area (Å²) in [5.41, 5.74) is 0.449. The van der Waals surface area contributed by atoms with Gasteiger partial charge in [-0.25, -0.2) is 9.18 Å². The summed E-state index contributed by atoms with van der Waals surface area (Å²) < 4.78 is 12.1. The Morgan fingerprint density at radius 1 is 1.40 bits per heavy atom. The Labute approximate surface area is 112 Å². The van der Waals surface area contributed by atoms with Gasteiger partial charge in [0.15, 0.2) is 0 Å². The van der Waals surface area contributed by atoms with Crippen LogP contribution < -0.4 is 11.2 Å². The van der Waals surface area contributed by atoms with Crippen LogP contribution in [0.1, 0.15) is 17.9 Å². The molecule has 1 saturated carbocycles. The van der Waals surface area contributed by atoms with E-state index in [9.17, 15) is 14.0 Å². The Bertz CT molecular complexity index is 780. The van der Waals surface area contributed by atoms with Crippen LogP contribution in [0, 0.1) is 5.92 Å². The van der Waals surface area contributed by atoms with Gasteiger partial charge in [-0.15, -0.1) is 0 Å². The van der Waals surface area contributed by atoms with Gasteiger partial charge in [0.2, 0.25) is 0 Å². The molecule has 1 unspecified atom stereocenters. The Hall–Kier alpha value is -2.57. The number of hydrogen-bond acceptors (Lipinski definition) is 4. The second-order valence-corrected chi connectivity index (χ2v) is 4.68. The number of halogens is 1. The lowest BCUT2D eigenvalue weighted by atomic mass is 10.1. The minimum Gasteiger partial charge on any atom is -0.313 e. The van der Waals surface area contributed by atoms with Gasteiger partial charge in [-0.3, -0.25) is 9.78 Å². The van der Waals surface area contributed by atoms with Gasteiger partial charge < -0.3 is 4.98 Å². The van der Waals surface area contributed by atoms with Crippen molar-refractivity contribution >= 4 is 0 Å². The predicted octanol–water partition coefficient (Wildman–Crippen LogP) is 1.11. The quantitative estimate of drug-likeness (QED) is 0.877. The van der Waals surface area contributed by atoms with Gasteiger partial charge >= 0.3 is 5.69 Å². The molecule has 2 heterocycles. The molecule has 0 radical (unpaired) electrons. The lowest BCUT2D eigenvalue weighted by Gasteiger charge is -2.01. The highest BCUT2D eigenvalue weighted by Gasteiger charge is 2.36. The number of nitrogens with zero attached hydrogens (tertiary/aromatic N) is 2. The first-order chi connectivity index (χ1) is 9.69. The molecule has 0 saturated heterocycles. The van der Waals surface area contributed by atoms with Crippen molar-refractivity contribution in [2.24, 2.45) is 5.92 Å². The van der Waals surface area contributed by atoms with Crippen LogP contribution in [0.15, 0.2) is 40.5 Å². The first kappa shape index (κ1) is 12.5. The molecule has 0 aliphatic heterocycles. The molecule has 3 rings (SSSR count). The van der Waals surface area contributed by atoms with Gasteiger partial charge in [0.1, 0.15) is 5.69 Å². The number of aromatic nitrogens is 4. The monoisotopic (exact) mass is 274 g/mol. The van der Waals surface area contributed by atoms with E-state index in [1.165, 1.54) is 12.3 Å². The second-order valence-electron chi connectivity index (χ2n) is 4.68. The van der Waals surface area contributed by atoms with Crippen LogP contribution >= 0.6 is 0 Å². The van der Waals surface area contributed by atoms with E-state index >= 15 is 0 Å². The van der Waals surface area contributed by atoms with Crippen molar-refractivity contribution in [3.8, 4) is 11.3 Å². The summed E-state index contributed by atoms with van der Waals surface area (Å²) in [6, 6.07) is 1.74. The smallest absolute Gasteiger partial charge is 0.313 e. The molecule has 0 spiro atoms. The molecule has 20 heavy (non-hydrogen) atoms. The van der Waals surface area contributed by atoms with E-state index in [1.807, 2.05) is 0 Å². The first-order valence-electron chi connectivity index (χ1n) is 6.11. The van der Waals surface area contributed by atoms with Gasteiger partial charge in [-0.05, 0) is 29.9 Å². The van der Waals surface area contributed by atoms with Crippen LogP contribution in [0.5, 0.6) is 0 Å². The molecule has 0 aromatic carbocycles. The fourth-order valence-corrected chi connectivity index (χ4v) is 2.22. The lowest BCUT2D eigenvalue weighted by Crippen LogP contribution is -2.22. The van der Waals surface area contributed by atoms with Crippen molar-refractivity contribution < 1.29 is 4.39 Å². The van der Waals surface area contributed by atoms with E-state index in [0.29, 0.717) is 12.0 Å². The van der Waals surface area contributed by atoms with Crippen LogP contribution in [0.2, 0.25) is 0 Å². The third-order valence-corrected chi connectivity index (χ3v) is 3.36. The molecule has 2 aromatic heterocycles. The zero-order valence-corrected chi connectivity index (χ0v) is 10.3. The van der Waals surface area contributed by atoms with E-state index in [0.717, 1.165) is 12.0 Å². The van der Waals surface area contributed by atoms with Gasteiger partial charge in [0.25, 0.3) is 5.56 Å². The lowest BCUT2D eigenvalue weighted by molar-refractivity contribution is 0.710. The van der Waals surface area contributed by atoms with Crippen molar-refractivity contribution in [1.29, 1.82) is 0 Å².